The molecule has 6 nitrogen and oxygen atoms in total. The number of carbonyl (C=O) groups is 2. The molecule has 0 saturated heterocycles. The van der Waals surface area contributed by atoms with Crippen LogP contribution in [-0.2, 0) is 9.59 Å². The lowest BCUT2D eigenvalue weighted by molar-refractivity contribution is -0.135. The summed E-state index contributed by atoms with van der Waals surface area (Å²) in [6.07, 6.45) is 3.09. The van der Waals surface area contributed by atoms with E-state index in [1.165, 1.54) is 6.20 Å². The number of carboxylic acids is 2. The highest BCUT2D eigenvalue weighted by Gasteiger charge is 2.28. The lowest BCUT2D eigenvalue weighted by Crippen LogP contribution is -2.07. The molecule has 0 radical (unpaired) electrons. The quantitative estimate of drug-likeness (QED) is 0.798. The maximum Gasteiger partial charge on any atom is 0.355 e. The van der Waals surface area contributed by atoms with Gasteiger partial charge in [0, 0.05) is 24.4 Å². The molecule has 2 heterocycles. The first-order valence-corrected chi connectivity index (χ1v) is 4.77. The molecule has 1 aliphatic rings. The van der Waals surface area contributed by atoms with Crippen LogP contribution in [0.25, 0.3) is 0 Å². The molecule has 2 N–H and O–H groups in total. The zero-order valence-electron chi connectivity index (χ0n) is 8.62. The molecule has 1 aromatic rings. The van der Waals surface area contributed by atoms with Gasteiger partial charge in [-0.15, -0.1) is 0 Å². The second kappa shape index (κ2) is 4.17. The Balaban J connectivity index is 2.38. The lowest BCUT2D eigenvalue weighted by Gasteiger charge is -1.98. The second-order valence-corrected chi connectivity index (χ2v) is 3.41. The third kappa shape index (κ3) is 2.05. The van der Waals surface area contributed by atoms with Crippen LogP contribution in [0.15, 0.2) is 40.8 Å². The Morgan fingerprint density at radius 2 is 2.00 bits per heavy atom. The van der Waals surface area contributed by atoms with Gasteiger partial charge in [0.2, 0.25) is 0 Å². The molecule has 0 saturated carbocycles. The third-order valence-electron chi connectivity index (χ3n) is 2.33. The molecule has 0 aliphatic carbocycles. The summed E-state index contributed by atoms with van der Waals surface area (Å²) in [5.74, 6) is -2.59. The van der Waals surface area contributed by atoms with Crippen LogP contribution < -0.4 is 0 Å². The summed E-state index contributed by atoms with van der Waals surface area (Å²) in [6, 6.07) is 3.38. The monoisotopic (exact) mass is 232 g/mol. The minimum atomic E-state index is -1.33. The fourth-order valence-corrected chi connectivity index (χ4v) is 1.55. The predicted molar refractivity (Wildman–Crippen MR) is 57.7 cm³/mol. The van der Waals surface area contributed by atoms with Crippen molar-refractivity contribution in [1.82, 2.24) is 4.98 Å². The highest BCUT2D eigenvalue weighted by molar-refractivity contribution is 6.14. The number of aliphatic imine (C=N–C) groups is 1. The van der Waals surface area contributed by atoms with Crippen molar-refractivity contribution in [3.05, 3.63) is 41.4 Å². The molecule has 2 rings (SSSR count). The van der Waals surface area contributed by atoms with Gasteiger partial charge in [-0.2, -0.15) is 0 Å². The fourth-order valence-electron chi connectivity index (χ4n) is 1.55. The van der Waals surface area contributed by atoms with E-state index < -0.39 is 17.6 Å². The van der Waals surface area contributed by atoms with Crippen LogP contribution in [0.1, 0.15) is 12.0 Å². The van der Waals surface area contributed by atoms with Gasteiger partial charge in [-0.25, -0.2) is 14.6 Å². The van der Waals surface area contributed by atoms with E-state index in [1.54, 1.807) is 18.3 Å². The van der Waals surface area contributed by atoms with E-state index in [0.29, 0.717) is 11.3 Å². The summed E-state index contributed by atoms with van der Waals surface area (Å²) in [5.41, 5.74) is 0.433. The van der Waals surface area contributed by atoms with Gasteiger partial charge >= 0.3 is 11.9 Å². The number of carboxylic acid groups (broad SMARTS) is 2. The van der Waals surface area contributed by atoms with Gasteiger partial charge in [-0.3, -0.25) is 4.98 Å². The van der Waals surface area contributed by atoms with Gasteiger partial charge in [0.15, 0.2) is 5.70 Å². The zero-order chi connectivity index (χ0) is 12.4. The molecule has 0 bridgehead atoms. The van der Waals surface area contributed by atoms with Gasteiger partial charge in [-0.1, -0.05) is 6.07 Å². The number of aromatic nitrogens is 1. The van der Waals surface area contributed by atoms with Gasteiger partial charge in [0.25, 0.3) is 0 Å². The third-order valence-corrected chi connectivity index (χ3v) is 2.33. The first-order valence-electron chi connectivity index (χ1n) is 4.77. The van der Waals surface area contributed by atoms with Crippen molar-refractivity contribution in [1.29, 1.82) is 0 Å². The number of nitrogens with zero attached hydrogens (tertiary/aromatic N) is 2. The van der Waals surface area contributed by atoms with Gasteiger partial charge < -0.3 is 10.2 Å². The summed E-state index contributed by atoms with van der Waals surface area (Å²) >= 11 is 0. The Hall–Kier alpha value is -2.50. The zero-order valence-corrected chi connectivity index (χ0v) is 8.62. The Kier molecular flexibility index (Phi) is 2.70. The fraction of sp³-hybridized carbons (Fsp3) is 0.0909. The summed E-state index contributed by atoms with van der Waals surface area (Å²) in [7, 11) is 0. The minimum Gasteiger partial charge on any atom is -0.478 e. The minimum absolute atomic E-state index is 0.00264. The molecular weight excluding hydrogens is 224 g/mol. The van der Waals surface area contributed by atoms with Crippen LogP contribution in [0.2, 0.25) is 0 Å². The van der Waals surface area contributed by atoms with E-state index in [0.717, 1.165) is 0 Å². The van der Waals surface area contributed by atoms with Gasteiger partial charge in [0.1, 0.15) is 0 Å². The van der Waals surface area contributed by atoms with E-state index >= 15 is 0 Å². The molecule has 17 heavy (non-hydrogen) atoms. The van der Waals surface area contributed by atoms with Crippen LogP contribution in [0, 0.1) is 0 Å². The van der Waals surface area contributed by atoms with E-state index in [2.05, 4.69) is 9.98 Å². The van der Waals surface area contributed by atoms with Crippen molar-refractivity contribution in [3.8, 4) is 0 Å². The molecule has 0 unspecified atom stereocenters. The molecule has 1 aromatic heterocycles. The number of hydrogen-bond donors (Lipinski definition) is 2. The van der Waals surface area contributed by atoms with Gasteiger partial charge in [0.05, 0.1) is 11.3 Å². The van der Waals surface area contributed by atoms with E-state index in [4.69, 9.17) is 10.2 Å². The summed E-state index contributed by atoms with van der Waals surface area (Å²) in [4.78, 5) is 29.4. The number of pyridine rings is 1. The first-order chi connectivity index (χ1) is 8.09. The molecule has 0 amide bonds. The number of rotatable bonds is 3. The Morgan fingerprint density at radius 3 is 2.47 bits per heavy atom. The van der Waals surface area contributed by atoms with E-state index in [9.17, 15) is 9.59 Å². The maximum atomic E-state index is 10.9. The first kappa shape index (κ1) is 11.0. The van der Waals surface area contributed by atoms with Crippen molar-refractivity contribution in [2.45, 2.75) is 6.42 Å². The molecular formula is C11H8N2O4. The Labute approximate surface area is 96.0 Å². The second-order valence-electron chi connectivity index (χ2n) is 3.41. The molecule has 86 valence electrons. The molecule has 0 spiro atoms. The van der Waals surface area contributed by atoms with Gasteiger partial charge in [-0.05, 0) is 6.07 Å². The van der Waals surface area contributed by atoms with Crippen molar-refractivity contribution in [3.63, 3.8) is 0 Å². The van der Waals surface area contributed by atoms with Crippen molar-refractivity contribution >= 4 is 17.7 Å². The normalized spacial score (nSPS) is 14.7. The number of aliphatic carboxylic acids is 2. The van der Waals surface area contributed by atoms with Crippen LogP contribution >= 0.6 is 0 Å². The highest BCUT2D eigenvalue weighted by atomic mass is 16.4. The SMILES string of the molecule is O=C(O)C1=C(C(=O)O)N=C(c2cccnc2)C1. The Bertz CT molecular complexity index is 546. The van der Waals surface area contributed by atoms with Crippen LogP contribution in [0.5, 0.6) is 0 Å². The molecule has 1 aliphatic heterocycles. The molecule has 6 heteroatoms. The maximum absolute atomic E-state index is 10.9. The van der Waals surface area contributed by atoms with E-state index in [-0.39, 0.29) is 12.0 Å². The summed E-state index contributed by atoms with van der Waals surface area (Å²) < 4.78 is 0. The van der Waals surface area contributed by atoms with Crippen LogP contribution in [-0.4, -0.2) is 32.8 Å². The van der Waals surface area contributed by atoms with Crippen molar-refractivity contribution in [2.24, 2.45) is 4.99 Å². The predicted octanol–water partition coefficient (Wildman–Crippen LogP) is 0.698. The van der Waals surface area contributed by atoms with E-state index in [1.807, 2.05) is 0 Å². The standard InChI is InChI=1S/C11H8N2O4/c14-10(15)7-4-8(13-9(7)11(16)17)6-2-1-3-12-5-6/h1-3,5H,4H2,(H,14,15)(H,16,17). The van der Waals surface area contributed by atoms with Crippen LogP contribution in [0.4, 0.5) is 0 Å². The number of hydrogen-bond acceptors (Lipinski definition) is 4. The lowest BCUT2D eigenvalue weighted by atomic mass is 10.1. The summed E-state index contributed by atoms with van der Waals surface area (Å²) in [6.45, 7) is 0. The van der Waals surface area contributed by atoms with Crippen LogP contribution in [0.3, 0.4) is 0 Å². The largest absolute Gasteiger partial charge is 0.478 e. The molecule has 0 atom stereocenters. The highest BCUT2D eigenvalue weighted by Crippen LogP contribution is 2.23. The topological polar surface area (TPSA) is 99.8 Å². The average molecular weight is 232 g/mol. The van der Waals surface area contributed by atoms with Crippen molar-refractivity contribution < 1.29 is 19.8 Å². The van der Waals surface area contributed by atoms with Crippen molar-refractivity contribution in [2.75, 3.05) is 0 Å². The Morgan fingerprint density at radius 1 is 1.24 bits per heavy atom. The summed E-state index contributed by atoms with van der Waals surface area (Å²) in [5, 5.41) is 17.7. The molecule has 0 aromatic carbocycles. The average Bonchev–Trinajstić information content (AvgIpc) is 2.75. The molecule has 0 fully saturated rings. The smallest absolute Gasteiger partial charge is 0.355 e.